The third kappa shape index (κ3) is 3.93. The minimum atomic E-state index is -3.60. The Morgan fingerprint density at radius 2 is 1.94 bits per heavy atom. The van der Waals surface area contributed by atoms with E-state index >= 15 is 0 Å². The third-order valence-electron chi connectivity index (χ3n) is 3.07. The van der Waals surface area contributed by atoms with E-state index in [0.717, 1.165) is 6.26 Å². The lowest BCUT2D eigenvalue weighted by Gasteiger charge is -2.35. The minimum absolute atomic E-state index is 0.248. The average molecular weight is 266 g/mol. The summed E-state index contributed by atoms with van der Waals surface area (Å²) in [5.41, 5.74) is 0. The summed E-state index contributed by atoms with van der Waals surface area (Å²) < 4.78 is 31.6. The molecule has 7 heteroatoms. The number of aliphatic hydroxyl groups excluding tert-OH is 1. The van der Waals surface area contributed by atoms with E-state index in [1.165, 1.54) is 7.11 Å². The number of aliphatic hydroxyl groups is 1. The second kappa shape index (κ2) is 5.32. The zero-order valence-corrected chi connectivity index (χ0v) is 10.9. The molecule has 1 rings (SSSR count). The smallest absolute Gasteiger partial charge is 0.308 e. The number of ether oxygens (including phenoxy) is 1. The van der Waals surface area contributed by atoms with Crippen molar-refractivity contribution in [3.05, 3.63) is 0 Å². The maximum Gasteiger partial charge on any atom is 0.308 e. The predicted octanol–water partition coefficient (Wildman–Crippen LogP) is -0.0888. The monoisotopic (exact) mass is 266 g/mol. The molecule has 0 bridgehead atoms. The fraction of sp³-hybridized carbons (Fsp3) is 0.900. The van der Waals surface area contributed by atoms with Gasteiger partial charge in [-0.2, -0.15) is 8.42 Å². The molecule has 0 saturated heterocycles. The molecule has 0 aromatic heterocycles. The van der Waals surface area contributed by atoms with Gasteiger partial charge < -0.3 is 9.84 Å². The van der Waals surface area contributed by atoms with Gasteiger partial charge in [-0.25, -0.2) is 0 Å². The summed E-state index contributed by atoms with van der Waals surface area (Å²) >= 11 is 0. The van der Waals surface area contributed by atoms with Crippen molar-refractivity contribution in [2.75, 3.05) is 13.4 Å². The maximum absolute atomic E-state index is 11.4. The first kappa shape index (κ1) is 14.4. The Kier molecular flexibility index (Phi) is 4.51. The van der Waals surface area contributed by atoms with Crippen LogP contribution < -0.4 is 0 Å². The first-order valence-corrected chi connectivity index (χ1v) is 7.20. The molecular formula is C10H18O6S. The topological polar surface area (TPSA) is 89.9 Å². The summed E-state index contributed by atoms with van der Waals surface area (Å²) in [5.74, 6) is -1.29. The third-order valence-corrected chi connectivity index (χ3v) is 3.67. The van der Waals surface area contributed by atoms with Crippen molar-refractivity contribution in [2.45, 2.75) is 32.0 Å². The van der Waals surface area contributed by atoms with Crippen LogP contribution in [-0.4, -0.2) is 45.1 Å². The first-order valence-electron chi connectivity index (χ1n) is 5.38. The van der Waals surface area contributed by atoms with Crippen LogP contribution in [0.2, 0.25) is 0 Å². The van der Waals surface area contributed by atoms with Gasteiger partial charge in [0, 0.05) is 5.92 Å². The molecular weight excluding hydrogens is 248 g/mol. The Balaban J connectivity index is 2.78. The zero-order valence-electron chi connectivity index (χ0n) is 10.1. The number of hydrogen-bond donors (Lipinski definition) is 1. The van der Waals surface area contributed by atoms with Crippen LogP contribution in [0.1, 0.15) is 19.8 Å². The molecule has 4 atom stereocenters. The molecule has 0 aromatic carbocycles. The summed E-state index contributed by atoms with van der Waals surface area (Å²) in [4.78, 5) is 11.4. The Morgan fingerprint density at radius 1 is 1.35 bits per heavy atom. The zero-order chi connectivity index (χ0) is 13.2. The largest absolute Gasteiger partial charge is 0.469 e. The van der Waals surface area contributed by atoms with Gasteiger partial charge in [0.05, 0.1) is 31.5 Å². The molecule has 1 fully saturated rings. The van der Waals surface area contributed by atoms with Gasteiger partial charge in [-0.15, -0.1) is 0 Å². The molecule has 0 aromatic rings. The number of carbonyl (C=O) groups excluding carboxylic acids is 1. The number of rotatable bonds is 3. The van der Waals surface area contributed by atoms with Crippen LogP contribution in [0.5, 0.6) is 0 Å². The molecule has 0 heterocycles. The Labute approximate surface area is 101 Å². The van der Waals surface area contributed by atoms with Gasteiger partial charge in [0.2, 0.25) is 0 Å². The van der Waals surface area contributed by atoms with Crippen molar-refractivity contribution >= 4 is 16.1 Å². The summed E-state index contributed by atoms with van der Waals surface area (Å²) in [6.45, 7) is 1.70. The van der Waals surface area contributed by atoms with Crippen LogP contribution >= 0.6 is 0 Å². The maximum atomic E-state index is 11.4. The summed E-state index contributed by atoms with van der Waals surface area (Å²) in [5, 5.41) is 9.78. The van der Waals surface area contributed by atoms with E-state index in [2.05, 4.69) is 4.74 Å². The first-order chi connectivity index (χ1) is 7.74. The molecule has 0 aliphatic heterocycles. The molecule has 17 heavy (non-hydrogen) atoms. The molecule has 1 aliphatic rings. The molecule has 100 valence electrons. The summed E-state index contributed by atoms with van der Waals surface area (Å²) in [6.07, 6.45) is 0.0287. The molecule has 6 nitrogen and oxygen atoms in total. The van der Waals surface area contributed by atoms with E-state index in [0.29, 0.717) is 0 Å². The van der Waals surface area contributed by atoms with E-state index in [9.17, 15) is 18.3 Å². The van der Waals surface area contributed by atoms with Crippen molar-refractivity contribution in [2.24, 2.45) is 11.8 Å². The summed E-state index contributed by atoms with van der Waals surface area (Å²) in [6, 6.07) is 0. The van der Waals surface area contributed by atoms with Crippen molar-refractivity contribution < 1.29 is 27.2 Å². The van der Waals surface area contributed by atoms with E-state index < -0.39 is 34.2 Å². The molecule has 1 N–H and O–H groups in total. The van der Waals surface area contributed by atoms with Crippen molar-refractivity contribution in [3.8, 4) is 0 Å². The van der Waals surface area contributed by atoms with Gasteiger partial charge in [0.25, 0.3) is 10.1 Å². The number of methoxy groups -OCH3 is 1. The van der Waals surface area contributed by atoms with Gasteiger partial charge in [-0.1, -0.05) is 6.92 Å². The lowest BCUT2D eigenvalue weighted by atomic mass is 9.79. The van der Waals surface area contributed by atoms with Crippen LogP contribution in [0.4, 0.5) is 0 Å². The molecule has 0 unspecified atom stereocenters. The predicted molar refractivity (Wildman–Crippen MR) is 59.6 cm³/mol. The summed E-state index contributed by atoms with van der Waals surface area (Å²) in [7, 11) is -2.34. The van der Waals surface area contributed by atoms with Crippen LogP contribution in [0.3, 0.4) is 0 Å². The van der Waals surface area contributed by atoms with Crippen molar-refractivity contribution in [3.63, 3.8) is 0 Å². The average Bonchev–Trinajstić information content (AvgIpc) is 2.21. The van der Waals surface area contributed by atoms with Crippen LogP contribution in [-0.2, 0) is 23.8 Å². The van der Waals surface area contributed by atoms with Crippen molar-refractivity contribution in [1.29, 1.82) is 0 Å². The molecule has 0 radical (unpaired) electrons. The highest BCUT2D eigenvalue weighted by molar-refractivity contribution is 7.86. The van der Waals surface area contributed by atoms with Gasteiger partial charge >= 0.3 is 5.97 Å². The number of esters is 1. The van der Waals surface area contributed by atoms with Crippen LogP contribution in [0.15, 0.2) is 0 Å². The fourth-order valence-electron chi connectivity index (χ4n) is 2.06. The quantitative estimate of drug-likeness (QED) is 0.567. The number of carbonyl (C=O) groups is 1. The van der Waals surface area contributed by atoms with Gasteiger partial charge in [0.15, 0.2) is 0 Å². The van der Waals surface area contributed by atoms with E-state index in [1.807, 2.05) is 0 Å². The SMILES string of the molecule is COC(=O)[C@@H]1C[C@H](O)[C@H](C)[C@H](OS(C)(=O)=O)C1. The minimum Gasteiger partial charge on any atom is -0.469 e. The second-order valence-corrected chi connectivity index (χ2v) is 6.06. The molecule has 1 saturated carbocycles. The highest BCUT2D eigenvalue weighted by Gasteiger charge is 2.39. The molecule has 0 spiro atoms. The van der Waals surface area contributed by atoms with Crippen LogP contribution in [0.25, 0.3) is 0 Å². The Hall–Kier alpha value is -0.660. The fourth-order valence-corrected chi connectivity index (χ4v) is 2.76. The normalized spacial score (nSPS) is 34.4. The Morgan fingerprint density at radius 3 is 2.41 bits per heavy atom. The highest BCUT2D eigenvalue weighted by Crippen LogP contribution is 2.32. The van der Waals surface area contributed by atoms with Crippen molar-refractivity contribution in [1.82, 2.24) is 0 Å². The van der Waals surface area contributed by atoms with Gasteiger partial charge in [-0.3, -0.25) is 8.98 Å². The standard InChI is InChI=1S/C10H18O6S/c1-6-8(11)4-7(10(12)15-2)5-9(6)16-17(3,13)14/h6-9,11H,4-5H2,1-3H3/t6-,7+,8-,9+/m0/s1. The van der Waals surface area contributed by atoms with E-state index in [-0.39, 0.29) is 18.8 Å². The van der Waals surface area contributed by atoms with Gasteiger partial charge in [-0.05, 0) is 12.8 Å². The molecule has 0 amide bonds. The Bertz CT molecular complexity index is 376. The lowest BCUT2D eigenvalue weighted by molar-refractivity contribution is -0.151. The van der Waals surface area contributed by atoms with E-state index in [1.54, 1.807) is 6.92 Å². The molecule has 1 aliphatic carbocycles. The van der Waals surface area contributed by atoms with Crippen LogP contribution in [0, 0.1) is 11.8 Å². The van der Waals surface area contributed by atoms with E-state index in [4.69, 9.17) is 4.18 Å². The number of hydrogen-bond acceptors (Lipinski definition) is 6. The lowest BCUT2D eigenvalue weighted by Crippen LogP contribution is -2.43. The highest BCUT2D eigenvalue weighted by atomic mass is 32.2. The second-order valence-electron chi connectivity index (χ2n) is 4.46. The van der Waals surface area contributed by atoms with Gasteiger partial charge in [0.1, 0.15) is 0 Å².